The fourth-order valence-electron chi connectivity index (χ4n) is 3.42. The van der Waals surface area contributed by atoms with Gasteiger partial charge in [-0.25, -0.2) is 4.98 Å². The molecule has 0 radical (unpaired) electrons. The van der Waals surface area contributed by atoms with Gasteiger partial charge in [0.25, 0.3) is 5.69 Å². The first kappa shape index (κ1) is 15.9. The number of aromatic nitrogens is 2. The van der Waals surface area contributed by atoms with Gasteiger partial charge in [0.2, 0.25) is 0 Å². The van der Waals surface area contributed by atoms with Gasteiger partial charge < -0.3 is 15.2 Å². The number of nitrogens with zero attached hydrogens (tertiary/aromatic N) is 4. The molecule has 2 unspecified atom stereocenters. The third-order valence-electron chi connectivity index (χ3n) is 4.55. The Morgan fingerprint density at radius 2 is 2.08 bits per heavy atom. The van der Waals surface area contributed by atoms with Crippen molar-refractivity contribution in [3.05, 3.63) is 64.6 Å². The summed E-state index contributed by atoms with van der Waals surface area (Å²) in [6.45, 7) is -0.181. The molecule has 0 saturated carbocycles. The van der Waals surface area contributed by atoms with Crippen molar-refractivity contribution < 1.29 is 20.0 Å². The Bertz CT molecular complexity index is 1020. The Hall–Kier alpha value is -3.62. The third-order valence-corrected chi connectivity index (χ3v) is 4.55. The number of carboxylic acids is 1. The van der Waals surface area contributed by atoms with Crippen LogP contribution in [0.25, 0.3) is 16.6 Å². The van der Waals surface area contributed by atoms with Gasteiger partial charge in [-0.2, -0.15) is 4.73 Å². The van der Waals surface area contributed by atoms with E-state index in [1.807, 2.05) is 24.3 Å². The average molecular weight is 354 g/mol. The third kappa shape index (κ3) is 2.41. The highest BCUT2D eigenvalue weighted by Gasteiger charge is 2.37. The number of non-ortho nitro benzene ring substituents is 1. The van der Waals surface area contributed by atoms with E-state index in [0.717, 1.165) is 4.73 Å². The second-order valence-electron chi connectivity index (χ2n) is 6.11. The van der Waals surface area contributed by atoms with Crippen molar-refractivity contribution in [3.8, 4) is 0 Å². The molecule has 2 heterocycles. The standard InChI is InChI=1S/C17H14N4O5/c22-16(23)9-19-8-12(11-3-1-2-4-14(11)19)17-18-13-6-5-10(21(25)26)7-15(13)20(17)24/h1-8,11,14,24H,9H2,(H,22,23). The van der Waals surface area contributed by atoms with Crippen LogP contribution >= 0.6 is 0 Å². The minimum Gasteiger partial charge on any atom is -0.480 e. The number of hydrogen-bond acceptors (Lipinski definition) is 6. The predicted octanol–water partition coefficient (Wildman–Crippen LogP) is 2.03. The number of carbonyl (C=O) groups is 1. The summed E-state index contributed by atoms with van der Waals surface area (Å²) < 4.78 is 0.821. The van der Waals surface area contributed by atoms with Crippen molar-refractivity contribution >= 4 is 28.3 Å². The average Bonchev–Trinajstić information content (AvgIpc) is 3.12. The maximum Gasteiger partial charge on any atom is 0.323 e. The number of hydrogen-bond donors (Lipinski definition) is 2. The van der Waals surface area contributed by atoms with E-state index in [1.165, 1.54) is 18.2 Å². The van der Waals surface area contributed by atoms with E-state index in [1.54, 1.807) is 11.1 Å². The first-order valence-corrected chi connectivity index (χ1v) is 7.86. The number of nitro groups is 1. The first-order valence-electron chi connectivity index (χ1n) is 7.86. The minimum atomic E-state index is -0.961. The van der Waals surface area contributed by atoms with Crippen molar-refractivity contribution in [2.45, 2.75) is 6.04 Å². The van der Waals surface area contributed by atoms with Gasteiger partial charge in [0.1, 0.15) is 12.1 Å². The van der Waals surface area contributed by atoms with Crippen molar-refractivity contribution in [2.24, 2.45) is 5.92 Å². The molecule has 0 amide bonds. The highest BCUT2D eigenvalue weighted by molar-refractivity contribution is 5.83. The van der Waals surface area contributed by atoms with Crippen molar-refractivity contribution in [2.75, 3.05) is 6.54 Å². The second-order valence-corrected chi connectivity index (χ2v) is 6.11. The van der Waals surface area contributed by atoms with Crippen molar-refractivity contribution in [1.29, 1.82) is 0 Å². The molecule has 2 aromatic rings. The van der Waals surface area contributed by atoms with Gasteiger partial charge >= 0.3 is 5.97 Å². The van der Waals surface area contributed by atoms with Gasteiger partial charge in [-0.3, -0.25) is 14.9 Å². The number of aliphatic carboxylic acids is 1. The van der Waals surface area contributed by atoms with Gasteiger partial charge in [-0.15, -0.1) is 0 Å². The van der Waals surface area contributed by atoms with E-state index in [2.05, 4.69) is 4.98 Å². The monoisotopic (exact) mass is 354 g/mol. The molecule has 26 heavy (non-hydrogen) atoms. The lowest BCUT2D eigenvalue weighted by Crippen LogP contribution is -2.34. The summed E-state index contributed by atoms with van der Waals surface area (Å²) >= 11 is 0. The number of allylic oxidation sites excluding steroid dienone is 2. The largest absolute Gasteiger partial charge is 0.480 e. The molecule has 0 bridgehead atoms. The Balaban J connectivity index is 1.82. The van der Waals surface area contributed by atoms with E-state index in [-0.39, 0.29) is 35.5 Å². The maximum absolute atomic E-state index is 11.1. The fraction of sp³-hybridized carbons (Fsp3) is 0.176. The van der Waals surface area contributed by atoms with Gasteiger partial charge in [0.05, 0.1) is 16.5 Å². The highest BCUT2D eigenvalue weighted by Crippen LogP contribution is 2.39. The Labute approximate surface area is 146 Å². The zero-order chi connectivity index (χ0) is 18.4. The number of fused-ring (bicyclic) bond motifs is 2. The molecule has 9 nitrogen and oxygen atoms in total. The summed E-state index contributed by atoms with van der Waals surface area (Å²) in [6.07, 6.45) is 9.19. The van der Waals surface area contributed by atoms with E-state index < -0.39 is 10.9 Å². The van der Waals surface area contributed by atoms with E-state index >= 15 is 0 Å². The van der Waals surface area contributed by atoms with Gasteiger partial charge in [0.15, 0.2) is 5.82 Å². The zero-order valence-corrected chi connectivity index (χ0v) is 13.4. The lowest BCUT2D eigenvalue weighted by atomic mass is 9.90. The fourth-order valence-corrected chi connectivity index (χ4v) is 3.42. The topological polar surface area (TPSA) is 122 Å². The maximum atomic E-state index is 11.1. The van der Waals surface area contributed by atoms with Crippen molar-refractivity contribution in [1.82, 2.24) is 14.6 Å². The van der Waals surface area contributed by atoms with Crippen molar-refractivity contribution in [3.63, 3.8) is 0 Å². The second kappa shape index (κ2) is 5.73. The molecule has 2 aliphatic rings. The molecule has 0 fully saturated rings. The van der Waals surface area contributed by atoms with Crippen LogP contribution in [0.5, 0.6) is 0 Å². The van der Waals surface area contributed by atoms with Gasteiger partial charge in [0, 0.05) is 29.8 Å². The molecule has 2 atom stereocenters. The summed E-state index contributed by atoms with van der Waals surface area (Å²) in [5.74, 6) is -0.891. The van der Waals surface area contributed by atoms with Crippen LogP contribution < -0.4 is 0 Å². The van der Waals surface area contributed by atoms with Crippen LogP contribution in [0.15, 0.2) is 48.7 Å². The van der Waals surface area contributed by atoms with Crippen LogP contribution in [0.4, 0.5) is 5.69 Å². The van der Waals surface area contributed by atoms with Gasteiger partial charge in [-0.05, 0) is 6.07 Å². The molecule has 1 aliphatic heterocycles. The molecule has 1 aromatic carbocycles. The molecule has 0 spiro atoms. The molecule has 2 N–H and O–H groups in total. The highest BCUT2D eigenvalue weighted by atomic mass is 16.6. The Morgan fingerprint density at radius 3 is 2.81 bits per heavy atom. The number of imidazole rings is 1. The lowest BCUT2D eigenvalue weighted by molar-refractivity contribution is -0.384. The molecule has 1 aliphatic carbocycles. The Morgan fingerprint density at radius 1 is 1.31 bits per heavy atom. The molecule has 132 valence electrons. The number of nitro benzene ring substituents is 1. The smallest absolute Gasteiger partial charge is 0.323 e. The SMILES string of the molecule is O=C(O)CN1C=C(c2nc3ccc([N+](=O)[O-])cc3n2O)C2C=CC=CC21. The normalized spacial score (nSPS) is 21.1. The minimum absolute atomic E-state index is 0.148. The van der Waals surface area contributed by atoms with Crippen LogP contribution in [-0.2, 0) is 4.79 Å². The van der Waals surface area contributed by atoms with Crippen LogP contribution in [0.3, 0.4) is 0 Å². The Kier molecular flexibility index (Phi) is 3.50. The summed E-state index contributed by atoms with van der Waals surface area (Å²) in [5, 5.41) is 30.6. The quantitative estimate of drug-likeness (QED) is 0.489. The summed E-state index contributed by atoms with van der Waals surface area (Å²) in [6, 6.07) is 3.87. The number of benzene rings is 1. The molecular formula is C17H14N4O5. The molecule has 4 rings (SSSR count). The van der Waals surface area contributed by atoms with Crippen LogP contribution in [-0.4, -0.2) is 48.4 Å². The summed E-state index contributed by atoms with van der Waals surface area (Å²) in [5.41, 5.74) is 1.14. The zero-order valence-electron chi connectivity index (χ0n) is 13.4. The molecule has 0 saturated heterocycles. The number of carboxylic acid groups (broad SMARTS) is 1. The number of rotatable bonds is 4. The molecular weight excluding hydrogens is 340 g/mol. The van der Waals surface area contributed by atoms with E-state index in [9.17, 15) is 20.1 Å². The predicted molar refractivity (Wildman–Crippen MR) is 91.4 cm³/mol. The molecule has 1 aromatic heterocycles. The van der Waals surface area contributed by atoms with Crippen LogP contribution in [0.2, 0.25) is 0 Å². The van der Waals surface area contributed by atoms with Crippen LogP contribution in [0.1, 0.15) is 5.82 Å². The van der Waals surface area contributed by atoms with E-state index in [4.69, 9.17) is 5.11 Å². The van der Waals surface area contributed by atoms with Gasteiger partial charge in [-0.1, -0.05) is 24.3 Å². The molecule has 9 heteroatoms. The first-order chi connectivity index (χ1) is 12.5. The van der Waals surface area contributed by atoms with E-state index in [0.29, 0.717) is 11.1 Å². The summed E-state index contributed by atoms with van der Waals surface area (Å²) in [7, 11) is 0. The van der Waals surface area contributed by atoms with Crippen LogP contribution in [0, 0.1) is 16.0 Å². The lowest BCUT2D eigenvalue weighted by Gasteiger charge is -2.26. The summed E-state index contributed by atoms with van der Waals surface area (Å²) in [4.78, 5) is 27.6.